The highest BCUT2D eigenvalue weighted by molar-refractivity contribution is 7.90. The Morgan fingerprint density at radius 1 is 0.970 bits per heavy atom. The highest BCUT2D eigenvalue weighted by Crippen LogP contribution is 2.37. The SMILES string of the molecule is CS(=O)(=O)c1ccc(-c2nc(C(=O)NCc3ccc(Cl)cc3)sc2-c2ccc(F)cc2)cc1. The van der Waals surface area contributed by atoms with E-state index in [4.69, 9.17) is 11.6 Å². The molecule has 9 heteroatoms. The van der Waals surface area contributed by atoms with E-state index in [2.05, 4.69) is 10.3 Å². The first kappa shape index (κ1) is 23.1. The van der Waals surface area contributed by atoms with Crippen molar-refractivity contribution in [3.05, 3.63) is 94.2 Å². The summed E-state index contributed by atoms with van der Waals surface area (Å²) in [5.41, 5.74) is 2.76. The third kappa shape index (κ3) is 5.47. The van der Waals surface area contributed by atoms with Crippen LogP contribution in [0.25, 0.3) is 21.7 Å². The van der Waals surface area contributed by atoms with Gasteiger partial charge in [0.1, 0.15) is 5.82 Å². The van der Waals surface area contributed by atoms with Crippen LogP contribution in [0, 0.1) is 5.82 Å². The van der Waals surface area contributed by atoms with Crippen LogP contribution in [0.15, 0.2) is 77.7 Å². The summed E-state index contributed by atoms with van der Waals surface area (Å²) in [6.07, 6.45) is 1.14. The highest BCUT2D eigenvalue weighted by Gasteiger charge is 2.20. The van der Waals surface area contributed by atoms with Crippen LogP contribution in [0.4, 0.5) is 4.39 Å². The van der Waals surface area contributed by atoms with Gasteiger partial charge in [-0.1, -0.05) is 48.0 Å². The zero-order chi connectivity index (χ0) is 23.6. The summed E-state index contributed by atoms with van der Waals surface area (Å²) >= 11 is 7.08. The topological polar surface area (TPSA) is 76.1 Å². The van der Waals surface area contributed by atoms with Gasteiger partial charge in [-0.25, -0.2) is 17.8 Å². The molecule has 0 spiro atoms. The van der Waals surface area contributed by atoms with Crippen LogP contribution in [0.2, 0.25) is 5.02 Å². The van der Waals surface area contributed by atoms with Crippen LogP contribution in [-0.2, 0) is 16.4 Å². The standard InChI is InChI=1S/C24H18ClFN2O3S2/c1-33(30,31)20-12-6-16(7-13-20)21-22(17-4-10-19(26)11-5-17)32-24(28-21)23(29)27-14-15-2-8-18(25)9-3-15/h2-13H,14H2,1H3,(H,27,29). The molecule has 33 heavy (non-hydrogen) atoms. The largest absolute Gasteiger partial charge is 0.346 e. The molecule has 1 aromatic heterocycles. The molecule has 1 heterocycles. The number of carbonyl (C=O) groups excluding carboxylic acids is 1. The van der Waals surface area contributed by atoms with Gasteiger partial charge in [0.25, 0.3) is 5.91 Å². The van der Waals surface area contributed by atoms with Crippen molar-refractivity contribution < 1.29 is 17.6 Å². The average Bonchev–Trinajstić information content (AvgIpc) is 3.24. The fourth-order valence-electron chi connectivity index (χ4n) is 3.13. The second-order valence-electron chi connectivity index (χ2n) is 7.31. The molecule has 0 aliphatic heterocycles. The normalized spacial score (nSPS) is 11.4. The summed E-state index contributed by atoms with van der Waals surface area (Å²) in [5.74, 6) is -0.722. The molecule has 4 rings (SSSR count). The van der Waals surface area contributed by atoms with Gasteiger partial charge in [-0.15, -0.1) is 11.3 Å². The van der Waals surface area contributed by atoms with Gasteiger partial charge in [-0.2, -0.15) is 0 Å². The molecule has 1 N–H and O–H groups in total. The van der Waals surface area contributed by atoms with Crippen molar-refractivity contribution in [3.8, 4) is 21.7 Å². The molecule has 0 fully saturated rings. The molecule has 0 unspecified atom stereocenters. The number of nitrogens with zero attached hydrogens (tertiary/aromatic N) is 1. The van der Waals surface area contributed by atoms with E-state index in [9.17, 15) is 17.6 Å². The Labute approximate surface area is 199 Å². The maximum atomic E-state index is 13.5. The number of sulfone groups is 1. The van der Waals surface area contributed by atoms with Crippen molar-refractivity contribution >= 4 is 38.7 Å². The molecule has 0 radical (unpaired) electrons. The van der Waals surface area contributed by atoms with E-state index in [-0.39, 0.29) is 21.6 Å². The van der Waals surface area contributed by atoms with Crippen molar-refractivity contribution in [2.24, 2.45) is 0 Å². The quantitative estimate of drug-likeness (QED) is 0.373. The fraction of sp³-hybridized carbons (Fsp3) is 0.0833. The lowest BCUT2D eigenvalue weighted by atomic mass is 10.1. The average molecular weight is 501 g/mol. The number of rotatable bonds is 6. The Hall–Kier alpha value is -3.07. The minimum atomic E-state index is -3.35. The molecule has 5 nitrogen and oxygen atoms in total. The van der Waals surface area contributed by atoms with Gasteiger partial charge in [-0.3, -0.25) is 4.79 Å². The van der Waals surface area contributed by atoms with Crippen LogP contribution in [0.1, 0.15) is 15.4 Å². The summed E-state index contributed by atoms with van der Waals surface area (Å²) in [5, 5.41) is 3.70. The Balaban J connectivity index is 1.68. The van der Waals surface area contributed by atoms with Gasteiger partial charge in [0.05, 0.1) is 15.5 Å². The second kappa shape index (κ2) is 9.43. The van der Waals surface area contributed by atoms with Gasteiger partial charge in [-0.05, 0) is 47.5 Å². The Bertz CT molecular complexity index is 1400. The molecule has 4 aromatic rings. The molecule has 3 aromatic carbocycles. The van der Waals surface area contributed by atoms with Crippen LogP contribution >= 0.6 is 22.9 Å². The minimum absolute atomic E-state index is 0.186. The Morgan fingerprint density at radius 2 is 1.58 bits per heavy atom. The molecule has 0 aliphatic carbocycles. The first-order chi connectivity index (χ1) is 15.7. The number of halogens is 2. The number of hydrogen-bond acceptors (Lipinski definition) is 5. The molecule has 0 atom stereocenters. The highest BCUT2D eigenvalue weighted by atomic mass is 35.5. The summed E-state index contributed by atoms with van der Waals surface area (Å²) in [6, 6.07) is 19.3. The van der Waals surface area contributed by atoms with Crippen molar-refractivity contribution in [2.75, 3.05) is 6.26 Å². The number of thiazole rings is 1. The fourth-order valence-corrected chi connectivity index (χ4v) is 4.90. The van der Waals surface area contributed by atoms with Gasteiger partial charge in [0.2, 0.25) is 0 Å². The first-order valence-corrected chi connectivity index (χ1v) is 12.9. The minimum Gasteiger partial charge on any atom is -0.346 e. The van der Waals surface area contributed by atoms with E-state index in [0.717, 1.165) is 11.8 Å². The van der Waals surface area contributed by atoms with E-state index in [1.807, 2.05) is 12.1 Å². The smallest absolute Gasteiger partial charge is 0.280 e. The maximum absolute atomic E-state index is 13.5. The van der Waals surface area contributed by atoms with E-state index in [0.29, 0.717) is 33.3 Å². The van der Waals surface area contributed by atoms with E-state index < -0.39 is 9.84 Å². The van der Waals surface area contributed by atoms with Crippen molar-refractivity contribution in [1.82, 2.24) is 10.3 Å². The second-order valence-corrected chi connectivity index (χ2v) is 10.8. The third-order valence-electron chi connectivity index (χ3n) is 4.85. The Kier molecular flexibility index (Phi) is 6.60. The lowest BCUT2D eigenvalue weighted by Crippen LogP contribution is -2.22. The number of aromatic nitrogens is 1. The molecule has 0 saturated carbocycles. The van der Waals surface area contributed by atoms with E-state index >= 15 is 0 Å². The molecule has 0 bridgehead atoms. The predicted molar refractivity (Wildman–Crippen MR) is 129 cm³/mol. The number of amides is 1. The van der Waals surface area contributed by atoms with Crippen molar-refractivity contribution in [1.29, 1.82) is 0 Å². The first-order valence-electron chi connectivity index (χ1n) is 9.80. The lowest BCUT2D eigenvalue weighted by Gasteiger charge is -2.04. The van der Waals surface area contributed by atoms with E-state index in [1.165, 1.54) is 35.6 Å². The van der Waals surface area contributed by atoms with Gasteiger partial charge in [0, 0.05) is 23.4 Å². The van der Waals surface area contributed by atoms with Gasteiger partial charge in [0.15, 0.2) is 14.8 Å². The Morgan fingerprint density at radius 3 is 2.18 bits per heavy atom. The van der Waals surface area contributed by atoms with Crippen molar-refractivity contribution in [3.63, 3.8) is 0 Å². The van der Waals surface area contributed by atoms with Crippen LogP contribution in [-0.4, -0.2) is 25.6 Å². The molecular weight excluding hydrogens is 483 g/mol. The maximum Gasteiger partial charge on any atom is 0.280 e. The zero-order valence-electron chi connectivity index (χ0n) is 17.4. The number of carbonyl (C=O) groups is 1. The third-order valence-corrected chi connectivity index (χ3v) is 7.33. The zero-order valence-corrected chi connectivity index (χ0v) is 19.8. The molecular formula is C24H18ClFN2O3S2. The van der Waals surface area contributed by atoms with Crippen LogP contribution < -0.4 is 5.32 Å². The van der Waals surface area contributed by atoms with Crippen LogP contribution in [0.3, 0.4) is 0 Å². The molecule has 0 aliphatic rings. The number of benzene rings is 3. The number of hydrogen-bond donors (Lipinski definition) is 1. The summed E-state index contributed by atoms with van der Waals surface area (Å²) in [4.78, 5) is 18.2. The van der Waals surface area contributed by atoms with E-state index in [1.54, 1.807) is 36.4 Å². The monoisotopic (exact) mass is 500 g/mol. The molecule has 168 valence electrons. The van der Waals surface area contributed by atoms with Gasteiger partial charge < -0.3 is 5.32 Å². The van der Waals surface area contributed by atoms with Crippen LogP contribution in [0.5, 0.6) is 0 Å². The van der Waals surface area contributed by atoms with Gasteiger partial charge >= 0.3 is 0 Å². The predicted octanol–water partition coefficient (Wildman–Crippen LogP) is 5.60. The summed E-state index contributed by atoms with van der Waals surface area (Å²) in [7, 11) is -3.35. The van der Waals surface area contributed by atoms with Crippen molar-refractivity contribution in [2.45, 2.75) is 11.4 Å². The lowest BCUT2D eigenvalue weighted by molar-refractivity contribution is 0.0950. The number of nitrogens with one attached hydrogen (secondary N) is 1. The summed E-state index contributed by atoms with van der Waals surface area (Å²) in [6.45, 7) is 0.305. The molecule has 1 amide bonds. The molecule has 0 saturated heterocycles. The summed E-state index contributed by atoms with van der Waals surface area (Å²) < 4.78 is 37.0.